The predicted molar refractivity (Wildman–Crippen MR) is 82.4 cm³/mol. The van der Waals surface area contributed by atoms with E-state index in [1.165, 1.54) is 19.3 Å². The number of hydrogen-bond acceptors (Lipinski definition) is 2. The molecule has 2 nitrogen and oxygen atoms in total. The van der Waals surface area contributed by atoms with Crippen LogP contribution in [0.4, 0.5) is 0 Å². The highest BCUT2D eigenvalue weighted by Crippen LogP contribution is 2.34. The van der Waals surface area contributed by atoms with E-state index in [1.54, 1.807) is 0 Å². The number of nitrogens with zero attached hydrogens (tertiary/aromatic N) is 1. The van der Waals surface area contributed by atoms with Gasteiger partial charge in [-0.2, -0.15) is 0 Å². The predicted octanol–water partition coefficient (Wildman–Crippen LogP) is 3.83. The number of hydrogen-bond donors (Lipinski definition) is 0. The molecule has 104 valence electrons. The summed E-state index contributed by atoms with van der Waals surface area (Å²) in [5.41, 5.74) is 0.867. The Bertz CT molecular complexity index is 450. The Balaban J connectivity index is 2.16. The van der Waals surface area contributed by atoms with Crippen LogP contribution in [-0.2, 0) is 11.2 Å². The molecule has 0 radical (unpaired) electrons. The van der Waals surface area contributed by atoms with Crippen LogP contribution in [0.5, 0.6) is 0 Å². The second-order valence-electron chi connectivity index (χ2n) is 5.72. The molecule has 0 heterocycles. The van der Waals surface area contributed by atoms with Crippen LogP contribution in [-0.4, -0.2) is 30.3 Å². The zero-order valence-electron chi connectivity index (χ0n) is 11.8. The molecule has 1 saturated carbocycles. The maximum atomic E-state index is 12.8. The number of likely N-dealkylation sites (N-methyl/N-ethyl adjacent to an activating group) is 1. The molecule has 0 N–H and O–H groups in total. The van der Waals surface area contributed by atoms with E-state index >= 15 is 0 Å². The van der Waals surface area contributed by atoms with Crippen LogP contribution in [0.1, 0.15) is 37.7 Å². The molecule has 1 aromatic carbocycles. The summed E-state index contributed by atoms with van der Waals surface area (Å²) >= 11 is 3.47. The molecule has 3 heteroatoms. The third kappa shape index (κ3) is 3.26. The van der Waals surface area contributed by atoms with Crippen LogP contribution in [0.25, 0.3) is 0 Å². The number of Topliss-reactive ketones (excluding diaryl/α,β-unsaturated/α-hetero) is 1. The van der Waals surface area contributed by atoms with Crippen LogP contribution in [0.15, 0.2) is 28.7 Å². The third-order valence-corrected chi connectivity index (χ3v) is 4.80. The van der Waals surface area contributed by atoms with E-state index in [0.717, 1.165) is 22.9 Å². The van der Waals surface area contributed by atoms with Gasteiger partial charge in [0.1, 0.15) is 0 Å². The molecule has 2 rings (SSSR count). The second-order valence-corrected chi connectivity index (χ2v) is 6.63. The van der Waals surface area contributed by atoms with Crippen LogP contribution in [0.2, 0.25) is 0 Å². The molecule has 0 unspecified atom stereocenters. The van der Waals surface area contributed by atoms with Gasteiger partial charge in [-0.05, 0) is 44.6 Å². The fourth-order valence-electron chi connectivity index (χ4n) is 3.11. The fraction of sp³-hybridized carbons (Fsp3) is 0.562. The number of carbonyl (C=O) groups excluding carboxylic acids is 1. The van der Waals surface area contributed by atoms with Gasteiger partial charge in [-0.25, -0.2) is 0 Å². The normalized spacial score (nSPS) is 18.5. The van der Waals surface area contributed by atoms with E-state index < -0.39 is 0 Å². The number of carbonyl (C=O) groups is 1. The molecule has 19 heavy (non-hydrogen) atoms. The Labute approximate surface area is 124 Å². The average Bonchev–Trinajstić information content (AvgIpc) is 2.39. The van der Waals surface area contributed by atoms with Crippen LogP contribution < -0.4 is 0 Å². The van der Waals surface area contributed by atoms with Gasteiger partial charge in [0.25, 0.3) is 0 Å². The lowest BCUT2D eigenvalue weighted by atomic mass is 9.76. The fourth-order valence-corrected chi connectivity index (χ4v) is 3.56. The van der Waals surface area contributed by atoms with E-state index in [-0.39, 0.29) is 5.54 Å². The van der Waals surface area contributed by atoms with Crippen molar-refractivity contribution < 1.29 is 4.79 Å². The van der Waals surface area contributed by atoms with Crippen molar-refractivity contribution in [1.29, 1.82) is 0 Å². The Morgan fingerprint density at radius 3 is 2.53 bits per heavy atom. The van der Waals surface area contributed by atoms with Crippen molar-refractivity contribution in [3.05, 3.63) is 34.3 Å². The highest BCUT2D eigenvalue weighted by Gasteiger charge is 2.40. The zero-order chi connectivity index (χ0) is 13.9. The topological polar surface area (TPSA) is 20.3 Å². The van der Waals surface area contributed by atoms with Crippen LogP contribution in [0.3, 0.4) is 0 Å². The van der Waals surface area contributed by atoms with Crippen molar-refractivity contribution in [3.63, 3.8) is 0 Å². The molecule has 0 saturated heterocycles. The second kappa shape index (κ2) is 6.19. The van der Waals surface area contributed by atoms with Crippen LogP contribution in [0, 0.1) is 0 Å². The Hall–Kier alpha value is -0.670. The minimum absolute atomic E-state index is 0.236. The van der Waals surface area contributed by atoms with Crippen molar-refractivity contribution in [1.82, 2.24) is 4.90 Å². The average molecular weight is 324 g/mol. The smallest absolute Gasteiger partial charge is 0.157 e. The Morgan fingerprint density at radius 2 is 1.95 bits per heavy atom. The van der Waals surface area contributed by atoms with E-state index in [2.05, 4.69) is 20.8 Å². The highest BCUT2D eigenvalue weighted by atomic mass is 79.9. The van der Waals surface area contributed by atoms with Crippen molar-refractivity contribution in [2.24, 2.45) is 0 Å². The van der Waals surface area contributed by atoms with Gasteiger partial charge in [0.2, 0.25) is 0 Å². The molecule has 1 aliphatic carbocycles. The summed E-state index contributed by atoms with van der Waals surface area (Å²) in [5.74, 6) is 0.371. The minimum Gasteiger partial charge on any atom is -0.297 e. The van der Waals surface area contributed by atoms with Gasteiger partial charge in [-0.15, -0.1) is 0 Å². The minimum atomic E-state index is -0.236. The lowest BCUT2D eigenvalue weighted by Gasteiger charge is -2.41. The van der Waals surface area contributed by atoms with Gasteiger partial charge in [-0.3, -0.25) is 9.69 Å². The summed E-state index contributed by atoms with van der Waals surface area (Å²) in [6.45, 7) is 0. The highest BCUT2D eigenvalue weighted by molar-refractivity contribution is 9.10. The first kappa shape index (κ1) is 14.7. The third-order valence-electron chi connectivity index (χ3n) is 4.31. The quantitative estimate of drug-likeness (QED) is 0.839. The molecule has 1 aromatic rings. The Kier molecular flexibility index (Phi) is 4.80. The number of ketones is 1. The van der Waals surface area contributed by atoms with Gasteiger partial charge >= 0.3 is 0 Å². The maximum absolute atomic E-state index is 12.8. The number of rotatable bonds is 4. The molecule has 1 aliphatic rings. The van der Waals surface area contributed by atoms with Crippen molar-refractivity contribution in [2.75, 3.05) is 14.1 Å². The lowest BCUT2D eigenvalue weighted by molar-refractivity contribution is -0.131. The van der Waals surface area contributed by atoms with E-state index in [0.29, 0.717) is 12.2 Å². The first-order chi connectivity index (χ1) is 9.04. The van der Waals surface area contributed by atoms with Crippen molar-refractivity contribution in [3.8, 4) is 0 Å². The summed E-state index contributed by atoms with van der Waals surface area (Å²) in [6, 6.07) is 8.07. The molecular weight excluding hydrogens is 302 g/mol. The standard InChI is InChI=1S/C16H22BrNO/c1-18(2)16(9-4-3-5-10-16)15(19)12-13-7-6-8-14(17)11-13/h6-8,11H,3-5,9-10,12H2,1-2H3. The van der Waals surface area contributed by atoms with Gasteiger partial charge in [0.05, 0.1) is 5.54 Å². The lowest BCUT2D eigenvalue weighted by Crippen LogP contribution is -2.53. The molecule has 0 aliphatic heterocycles. The van der Waals surface area contributed by atoms with Gasteiger partial charge in [0, 0.05) is 10.9 Å². The first-order valence-corrected chi connectivity index (χ1v) is 7.79. The molecule has 0 bridgehead atoms. The largest absolute Gasteiger partial charge is 0.297 e. The van der Waals surface area contributed by atoms with Crippen LogP contribution >= 0.6 is 15.9 Å². The summed E-state index contributed by atoms with van der Waals surface area (Å²) in [7, 11) is 4.09. The molecule has 0 spiro atoms. The monoisotopic (exact) mass is 323 g/mol. The van der Waals surface area contributed by atoms with E-state index in [9.17, 15) is 4.79 Å². The van der Waals surface area contributed by atoms with Crippen molar-refractivity contribution >= 4 is 21.7 Å². The maximum Gasteiger partial charge on any atom is 0.157 e. The number of benzene rings is 1. The van der Waals surface area contributed by atoms with Gasteiger partial charge in [-0.1, -0.05) is 47.3 Å². The molecule has 1 fully saturated rings. The van der Waals surface area contributed by atoms with E-state index in [4.69, 9.17) is 0 Å². The SMILES string of the molecule is CN(C)C1(C(=O)Cc2cccc(Br)c2)CCCCC1. The van der Waals surface area contributed by atoms with Gasteiger partial charge < -0.3 is 0 Å². The summed E-state index contributed by atoms with van der Waals surface area (Å²) in [6.07, 6.45) is 6.15. The van der Waals surface area contributed by atoms with Crippen molar-refractivity contribution in [2.45, 2.75) is 44.1 Å². The molecule has 0 amide bonds. The number of halogens is 1. The molecular formula is C16H22BrNO. The van der Waals surface area contributed by atoms with Gasteiger partial charge in [0.15, 0.2) is 5.78 Å². The molecule has 0 atom stereocenters. The first-order valence-electron chi connectivity index (χ1n) is 7.00. The zero-order valence-corrected chi connectivity index (χ0v) is 13.4. The summed E-state index contributed by atoms with van der Waals surface area (Å²) in [5, 5.41) is 0. The summed E-state index contributed by atoms with van der Waals surface area (Å²) in [4.78, 5) is 14.9. The van der Waals surface area contributed by atoms with E-state index in [1.807, 2.05) is 38.4 Å². The molecule has 0 aromatic heterocycles. The summed E-state index contributed by atoms with van der Waals surface area (Å²) < 4.78 is 1.04. The Morgan fingerprint density at radius 1 is 1.26 bits per heavy atom.